The molecule has 0 aromatic heterocycles. The number of hydrogen-bond donors (Lipinski definition) is 2. The van der Waals surface area contributed by atoms with E-state index in [1.165, 1.54) is 0 Å². The van der Waals surface area contributed by atoms with Crippen molar-refractivity contribution in [3.05, 3.63) is 28.7 Å². The summed E-state index contributed by atoms with van der Waals surface area (Å²) in [5, 5.41) is 11.8. The Hall–Kier alpha value is -1.56. The fraction of sp³-hybridized carbons (Fsp3) is 0.429. The second kappa shape index (κ2) is 7.28. The molecule has 0 atom stereocenters. The minimum absolute atomic E-state index is 0.217. The summed E-state index contributed by atoms with van der Waals surface area (Å²) < 4.78 is 6.17. The number of carboxylic acid groups (broad SMARTS) is 1. The van der Waals surface area contributed by atoms with E-state index in [1.54, 1.807) is 32.0 Å². The number of halogens is 1. The van der Waals surface area contributed by atoms with Crippen molar-refractivity contribution in [3.8, 4) is 5.75 Å². The van der Waals surface area contributed by atoms with Crippen LogP contribution >= 0.6 is 15.9 Å². The van der Waals surface area contributed by atoms with Crippen LogP contribution in [0.2, 0.25) is 0 Å². The molecule has 0 bridgehead atoms. The quantitative estimate of drug-likeness (QED) is 0.797. The standard InChI is InChI=1S/C14H18BrNO4/c1-3-14(4-2,13(18)19)16-12(17)9-20-11-7-5-6-10(15)8-11/h5-8H,3-4,9H2,1-2H3,(H,16,17)(H,18,19). The Morgan fingerprint density at radius 1 is 1.35 bits per heavy atom. The highest BCUT2D eigenvalue weighted by Crippen LogP contribution is 2.18. The number of rotatable bonds is 7. The molecule has 0 heterocycles. The van der Waals surface area contributed by atoms with E-state index in [9.17, 15) is 14.7 Å². The van der Waals surface area contributed by atoms with Gasteiger partial charge in [-0.25, -0.2) is 4.79 Å². The van der Waals surface area contributed by atoms with E-state index in [0.717, 1.165) is 4.47 Å². The summed E-state index contributed by atoms with van der Waals surface area (Å²) in [6.45, 7) is 3.24. The van der Waals surface area contributed by atoms with Crippen molar-refractivity contribution in [2.24, 2.45) is 0 Å². The maximum atomic E-state index is 11.8. The van der Waals surface area contributed by atoms with Crippen molar-refractivity contribution in [3.63, 3.8) is 0 Å². The first-order valence-electron chi connectivity index (χ1n) is 6.36. The lowest BCUT2D eigenvalue weighted by molar-refractivity contribution is -0.148. The lowest BCUT2D eigenvalue weighted by atomic mass is 9.93. The molecule has 1 amide bonds. The van der Waals surface area contributed by atoms with Crippen molar-refractivity contribution >= 4 is 27.8 Å². The topological polar surface area (TPSA) is 75.6 Å². The molecule has 0 radical (unpaired) electrons. The monoisotopic (exact) mass is 343 g/mol. The fourth-order valence-corrected chi connectivity index (χ4v) is 2.17. The second-order valence-corrected chi connectivity index (χ2v) is 5.30. The number of ether oxygens (including phenoxy) is 1. The van der Waals surface area contributed by atoms with Gasteiger partial charge in [-0.05, 0) is 31.0 Å². The zero-order chi connectivity index (χ0) is 15.2. The smallest absolute Gasteiger partial charge is 0.329 e. The van der Waals surface area contributed by atoms with Gasteiger partial charge in [0.25, 0.3) is 5.91 Å². The third kappa shape index (κ3) is 4.23. The summed E-state index contributed by atoms with van der Waals surface area (Å²) in [5.41, 5.74) is -1.22. The van der Waals surface area contributed by atoms with Crippen LogP contribution in [0.15, 0.2) is 28.7 Å². The van der Waals surface area contributed by atoms with Gasteiger partial charge < -0.3 is 15.2 Å². The van der Waals surface area contributed by atoms with Gasteiger partial charge in [0.05, 0.1) is 0 Å². The minimum Gasteiger partial charge on any atom is -0.484 e. The minimum atomic E-state index is -1.22. The molecular formula is C14H18BrNO4. The molecule has 0 aliphatic rings. The van der Waals surface area contributed by atoms with Crippen molar-refractivity contribution in [2.45, 2.75) is 32.2 Å². The van der Waals surface area contributed by atoms with E-state index in [2.05, 4.69) is 21.2 Å². The average Bonchev–Trinajstić information content (AvgIpc) is 2.42. The van der Waals surface area contributed by atoms with Gasteiger partial charge in [0, 0.05) is 4.47 Å². The molecule has 1 rings (SSSR count). The van der Waals surface area contributed by atoms with Gasteiger partial charge in [0.15, 0.2) is 6.61 Å². The lowest BCUT2D eigenvalue weighted by Gasteiger charge is -2.27. The van der Waals surface area contributed by atoms with Crippen LogP contribution in [0.25, 0.3) is 0 Å². The molecule has 2 N–H and O–H groups in total. The van der Waals surface area contributed by atoms with Crippen molar-refractivity contribution in [1.82, 2.24) is 5.32 Å². The Labute approximate surface area is 126 Å². The van der Waals surface area contributed by atoms with Gasteiger partial charge >= 0.3 is 5.97 Å². The summed E-state index contributed by atoms with van der Waals surface area (Å²) in [4.78, 5) is 23.1. The average molecular weight is 344 g/mol. The number of carbonyl (C=O) groups excluding carboxylic acids is 1. The number of amides is 1. The number of hydrogen-bond acceptors (Lipinski definition) is 3. The first-order chi connectivity index (χ1) is 9.43. The van der Waals surface area contributed by atoms with Gasteiger partial charge in [0.2, 0.25) is 0 Å². The molecule has 0 spiro atoms. The summed E-state index contributed by atoms with van der Waals surface area (Å²) in [6.07, 6.45) is 0.642. The highest BCUT2D eigenvalue weighted by molar-refractivity contribution is 9.10. The number of carbonyl (C=O) groups is 2. The second-order valence-electron chi connectivity index (χ2n) is 4.39. The van der Waals surface area contributed by atoms with Crippen molar-refractivity contribution < 1.29 is 19.4 Å². The number of aliphatic carboxylic acids is 1. The zero-order valence-corrected chi connectivity index (χ0v) is 13.1. The molecule has 0 aliphatic heterocycles. The molecule has 0 saturated carbocycles. The first kappa shape index (κ1) is 16.5. The lowest BCUT2D eigenvalue weighted by Crippen LogP contribution is -2.54. The third-order valence-electron chi connectivity index (χ3n) is 3.16. The Kier molecular flexibility index (Phi) is 6.01. The highest BCUT2D eigenvalue weighted by atomic mass is 79.9. The predicted octanol–water partition coefficient (Wildman–Crippen LogP) is 2.59. The first-order valence-corrected chi connectivity index (χ1v) is 7.15. The summed E-state index contributed by atoms with van der Waals surface area (Å²) in [6, 6.07) is 7.09. The normalized spacial score (nSPS) is 10.9. The predicted molar refractivity (Wildman–Crippen MR) is 78.7 cm³/mol. The zero-order valence-electron chi connectivity index (χ0n) is 11.5. The molecular weight excluding hydrogens is 326 g/mol. The molecule has 110 valence electrons. The van der Waals surface area contributed by atoms with E-state index in [4.69, 9.17) is 4.74 Å². The summed E-state index contributed by atoms with van der Waals surface area (Å²) in [5.74, 6) is -0.933. The molecule has 20 heavy (non-hydrogen) atoms. The van der Waals surface area contributed by atoms with Gasteiger partial charge in [-0.1, -0.05) is 35.8 Å². The largest absolute Gasteiger partial charge is 0.484 e. The Balaban J connectivity index is 2.61. The highest BCUT2D eigenvalue weighted by Gasteiger charge is 2.36. The Morgan fingerprint density at radius 2 is 2.00 bits per heavy atom. The van der Waals surface area contributed by atoms with E-state index in [1.807, 2.05) is 6.07 Å². The van der Waals surface area contributed by atoms with Crippen LogP contribution in [0.5, 0.6) is 5.75 Å². The SMILES string of the molecule is CCC(CC)(NC(=O)COc1cccc(Br)c1)C(=O)O. The number of carboxylic acids is 1. The van der Waals surface area contributed by atoms with Crippen LogP contribution in [-0.4, -0.2) is 29.1 Å². The fourth-order valence-electron chi connectivity index (χ4n) is 1.79. The van der Waals surface area contributed by atoms with Crippen molar-refractivity contribution in [1.29, 1.82) is 0 Å². The van der Waals surface area contributed by atoms with E-state index < -0.39 is 17.4 Å². The van der Waals surface area contributed by atoms with Crippen LogP contribution in [0, 0.1) is 0 Å². The molecule has 6 heteroatoms. The molecule has 0 aliphatic carbocycles. The van der Waals surface area contributed by atoms with Crippen LogP contribution in [0.1, 0.15) is 26.7 Å². The summed E-state index contributed by atoms with van der Waals surface area (Å²) >= 11 is 3.30. The maximum Gasteiger partial charge on any atom is 0.329 e. The van der Waals surface area contributed by atoms with Crippen LogP contribution in [0.3, 0.4) is 0 Å². The van der Waals surface area contributed by atoms with Gasteiger partial charge in [-0.2, -0.15) is 0 Å². The van der Waals surface area contributed by atoms with Crippen LogP contribution in [-0.2, 0) is 9.59 Å². The molecule has 0 fully saturated rings. The molecule has 0 saturated heterocycles. The van der Waals surface area contributed by atoms with E-state index >= 15 is 0 Å². The van der Waals surface area contributed by atoms with Crippen molar-refractivity contribution in [2.75, 3.05) is 6.61 Å². The van der Waals surface area contributed by atoms with Crippen LogP contribution < -0.4 is 10.1 Å². The van der Waals surface area contributed by atoms with Gasteiger partial charge in [0.1, 0.15) is 11.3 Å². The molecule has 0 unspecified atom stereocenters. The van der Waals surface area contributed by atoms with Gasteiger partial charge in [-0.3, -0.25) is 4.79 Å². The maximum absolute atomic E-state index is 11.8. The molecule has 5 nitrogen and oxygen atoms in total. The van der Waals surface area contributed by atoms with Gasteiger partial charge in [-0.15, -0.1) is 0 Å². The summed E-state index contributed by atoms with van der Waals surface area (Å²) in [7, 11) is 0. The number of benzene rings is 1. The molecule has 1 aromatic rings. The van der Waals surface area contributed by atoms with E-state index in [0.29, 0.717) is 18.6 Å². The van der Waals surface area contributed by atoms with E-state index in [-0.39, 0.29) is 6.61 Å². The Morgan fingerprint density at radius 3 is 2.50 bits per heavy atom. The number of nitrogens with one attached hydrogen (secondary N) is 1. The Bertz CT molecular complexity index is 486. The van der Waals surface area contributed by atoms with Crippen LogP contribution in [0.4, 0.5) is 0 Å². The molecule has 1 aromatic carbocycles. The third-order valence-corrected chi connectivity index (χ3v) is 3.65.